The van der Waals surface area contributed by atoms with Crippen LogP contribution in [0.25, 0.3) is 0 Å². The summed E-state index contributed by atoms with van der Waals surface area (Å²) < 4.78 is 0. The molecule has 0 aromatic heterocycles. The number of nitrogens with zero attached hydrogens (tertiary/aromatic N) is 2. The Bertz CT molecular complexity index is 191. The Kier molecular flexibility index (Phi) is 2.96. The van der Waals surface area contributed by atoms with Crippen molar-refractivity contribution in [1.29, 1.82) is 0 Å². The minimum absolute atomic E-state index is 0.210. The molecule has 0 spiro atoms. The van der Waals surface area contributed by atoms with Gasteiger partial charge in [-0.25, -0.2) is 0 Å². The van der Waals surface area contributed by atoms with Gasteiger partial charge in [-0.15, -0.1) is 0 Å². The highest BCUT2D eigenvalue weighted by Gasteiger charge is 2.10. The van der Waals surface area contributed by atoms with Gasteiger partial charge in [-0.3, -0.25) is 4.79 Å². The highest BCUT2D eigenvalue weighted by molar-refractivity contribution is 5.66. The number of carbonyl (C=O) groups is 1. The largest absolute Gasteiger partial charge is 0.481 e. The number of rotatable bonds is 4. The van der Waals surface area contributed by atoms with E-state index in [4.69, 9.17) is 5.11 Å². The van der Waals surface area contributed by atoms with E-state index in [1.165, 1.54) is 0 Å². The Morgan fingerprint density at radius 1 is 1.50 bits per heavy atom. The minimum Gasteiger partial charge on any atom is -0.481 e. The maximum atomic E-state index is 10.2. The fraction of sp³-hybridized carbons (Fsp3) is 0.625. The van der Waals surface area contributed by atoms with Gasteiger partial charge in [0.05, 0.1) is 13.1 Å². The van der Waals surface area contributed by atoms with E-state index in [1.54, 1.807) is 0 Å². The van der Waals surface area contributed by atoms with Crippen LogP contribution in [0.4, 0.5) is 0 Å². The fourth-order valence-electron chi connectivity index (χ4n) is 1.11. The topological polar surface area (TPSA) is 43.8 Å². The molecule has 4 heteroatoms. The average Bonchev–Trinajstić information content (AvgIpc) is 2.48. The van der Waals surface area contributed by atoms with Crippen molar-refractivity contribution < 1.29 is 9.90 Å². The average molecular weight is 170 g/mol. The predicted molar refractivity (Wildman–Crippen MR) is 45.3 cm³/mol. The Hall–Kier alpha value is -1.19. The molecule has 0 fully saturated rings. The lowest BCUT2D eigenvalue weighted by atomic mass is 10.4. The third kappa shape index (κ3) is 2.45. The van der Waals surface area contributed by atoms with E-state index in [1.807, 2.05) is 17.3 Å². The summed E-state index contributed by atoms with van der Waals surface area (Å²) in [4.78, 5) is 14.4. The summed E-state index contributed by atoms with van der Waals surface area (Å²) in [6, 6.07) is 0. The molecule has 0 atom stereocenters. The van der Waals surface area contributed by atoms with Crippen LogP contribution >= 0.6 is 0 Å². The molecule has 1 heterocycles. The molecule has 0 aromatic rings. The number of hydrogen-bond acceptors (Lipinski definition) is 3. The molecule has 0 unspecified atom stereocenters. The lowest BCUT2D eigenvalue weighted by Gasteiger charge is -2.18. The highest BCUT2D eigenvalue weighted by Crippen LogP contribution is 2.05. The zero-order valence-electron chi connectivity index (χ0n) is 7.23. The van der Waals surface area contributed by atoms with Gasteiger partial charge in [0.15, 0.2) is 0 Å². The van der Waals surface area contributed by atoms with Gasteiger partial charge < -0.3 is 14.9 Å². The first-order valence-electron chi connectivity index (χ1n) is 4.10. The van der Waals surface area contributed by atoms with Crippen molar-refractivity contribution in [3.63, 3.8) is 0 Å². The normalized spacial score (nSPS) is 15.8. The molecule has 0 aliphatic carbocycles. The Morgan fingerprint density at radius 2 is 2.17 bits per heavy atom. The van der Waals surface area contributed by atoms with Gasteiger partial charge in [-0.05, 0) is 6.92 Å². The molecule has 4 nitrogen and oxygen atoms in total. The minimum atomic E-state index is -0.738. The van der Waals surface area contributed by atoms with E-state index >= 15 is 0 Å². The maximum Gasteiger partial charge on any atom is 0.305 e. The van der Waals surface area contributed by atoms with E-state index in [2.05, 4.69) is 11.8 Å². The second kappa shape index (κ2) is 3.99. The first-order chi connectivity index (χ1) is 5.72. The van der Waals surface area contributed by atoms with Gasteiger partial charge in [0.2, 0.25) is 0 Å². The van der Waals surface area contributed by atoms with Crippen molar-refractivity contribution in [1.82, 2.24) is 9.80 Å². The first-order valence-corrected chi connectivity index (χ1v) is 4.10. The van der Waals surface area contributed by atoms with Gasteiger partial charge >= 0.3 is 5.97 Å². The summed E-state index contributed by atoms with van der Waals surface area (Å²) in [5, 5.41) is 8.43. The Labute approximate surface area is 72.1 Å². The van der Waals surface area contributed by atoms with E-state index in [9.17, 15) is 4.79 Å². The van der Waals surface area contributed by atoms with Crippen LogP contribution in [-0.2, 0) is 4.79 Å². The van der Waals surface area contributed by atoms with Crippen molar-refractivity contribution in [3.8, 4) is 0 Å². The van der Waals surface area contributed by atoms with Gasteiger partial charge in [0.1, 0.15) is 0 Å². The third-order valence-corrected chi connectivity index (χ3v) is 1.87. The summed E-state index contributed by atoms with van der Waals surface area (Å²) in [7, 11) is 0. The van der Waals surface area contributed by atoms with Crippen LogP contribution in [0.15, 0.2) is 12.4 Å². The fourth-order valence-corrected chi connectivity index (χ4v) is 1.11. The molecular formula is C8H14N2O2. The number of carboxylic acid groups (broad SMARTS) is 1. The maximum absolute atomic E-state index is 10.2. The second-order valence-corrected chi connectivity index (χ2v) is 2.80. The summed E-state index contributed by atoms with van der Waals surface area (Å²) >= 11 is 0. The Balaban J connectivity index is 2.20. The zero-order chi connectivity index (χ0) is 8.97. The predicted octanol–water partition coefficient (Wildman–Crippen LogP) is 0.527. The molecule has 0 saturated heterocycles. The van der Waals surface area contributed by atoms with Crippen LogP contribution in [0.1, 0.15) is 13.3 Å². The molecule has 0 aromatic carbocycles. The summed E-state index contributed by atoms with van der Waals surface area (Å²) in [6.07, 6.45) is 4.14. The molecule has 1 aliphatic rings. The molecule has 0 saturated carbocycles. The lowest BCUT2D eigenvalue weighted by molar-refractivity contribution is -0.137. The molecule has 68 valence electrons. The van der Waals surface area contributed by atoms with Crippen LogP contribution in [0.3, 0.4) is 0 Å². The molecule has 1 aliphatic heterocycles. The van der Waals surface area contributed by atoms with Gasteiger partial charge in [0.25, 0.3) is 0 Å². The van der Waals surface area contributed by atoms with Gasteiger partial charge in [-0.2, -0.15) is 0 Å². The van der Waals surface area contributed by atoms with Gasteiger partial charge in [0, 0.05) is 25.5 Å². The standard InChI is InChI=1S/C8H14N2O2/c1-2-9-5-6-10(7-9)4-3-8(11)12/h5-6H,2-4,7H2,1H3,(H,11,12). The lowest BCUT2D eigenvalue weighted by Crippen LogP contribution is -2.26. The van der Waals surface area contributed by atoms with E-state index < -0.39 is 5.97 Å². The van der Waals surface area contributed by atoms with Crippen LogP contribution in [0, 0.1) is 0 Å². The number of aliphatic carboxylic acids is 1. The first kappa shape index (κ1) is 8.90. The van der Waals surface area contributed by atoms with Crippen LogP contribution < -0.4 is 0 Å². The van der Waals surface area contributed by atoms with Crippen molar-refractivity contribution >= 4 is 5.97 Å². The molecular weight excluding hydrogens is 156 g/mol. The Morgan fingerprint density at radius 3 is 2.67 bits per heavy atom. The van der Waals surface area contributed by atoms with Crippen molar-refractivity contribution in [2.45, 2.75) is 13.3 Å². The number of hydrogen-bond donors (Lipinski definition) is 1. The quantitative estimate of drug-likeness (QED) is 0.668. The number of carboxylic acids is 1. The summed E-state index contributed by atoms with van der Waals surface area (Å²) in [5.74, 6) is -0.738. The summed E-state index contributed by atoms with van der Waals surface area (Å²) in [5.41, 5.74) is 0. The summed E-state index contributed by atoms with van der Waals surface area (Å²) in [6.45, 7) is 4.47. The van der Waals surface area contributed by atoms with Crippen LogP contribution in [0.5, 0.6) is 0 Å². The second-order valence-electron chi connectivity index (χ2n) is 2.80. The third-order valence-electron chi connectivity index (χ3n) is 1.87. The van der Waals surface area contributed by atoms with E-state index in [0.29, 0.717) is 6.54 Å². The van der Waals surface area contributed by atoms with Crippen molar-refractivity contribution in [2.75, 3.05) is 19.8 Å². The van der Waals surface area contributed by atoms with E-state index in [-0.39, 0.29) is 6.42 Å². The highest BCUT2D eigenvalue weighted by atomic mass is 16.4. The molecule has 1 rings (SSSR count). The van der Waals surface area contributed by atoms with E-state index in [0.717, 1.165) is 13.2 Å². The van der Waals surface area contributed by atoms with Gasteiger partial charge in [-0.1, -0.05) is 0 Å². The molecule has 1 N–H and O–H groups in total. The van der Waals surface area contributed by atoms with Crippen molar-refractivity contribution in [2.24, 2.45) is 0 Å². The molecule has 0 radical (unpaired) electrons. The van der Waals surface area contributed by atoms with Crippen LogP contribution in [0.2, 0.25) is 0 Å². The molecule has 12 heavy (non-hydrogen) atoms. The smallest absolute Gasteiger partial charge is 0.305 e. The molecule has 0 bridgehead atoms. The van der Waals surface area contributed by atoms with Crippen LogP contribution in [-0.4, -0.2) is 40.6 Å². The SMILES string of the molecule is CCN1C=CN(CCC(=O)O)C1. The zero-order valence-corrected chi connectivity index (χ0v) is 7.23. The molecule has 0 amide bonds. The van der Waals surface area contributed by atoms with Crippen molar-refractivity contribution in [3.05, 3.63) is 12.4 Å². The monoisotopic (exact) mass is 170 g/mol.